The minimum atomic E-state index is -3.72. The van der Waals surface area contributed by atoms with Crippen molar-refractivity contribution < 1.29 is 8.42 Å². The number of benzene rings is 1. The molecule has 0 radical (unpaired) electrons. The van der Waals surface area contributed by atoms with Gasteiger partial charge in [0.2, 0.25) is 0 Å². The van der Waals surface area contributed by atoms with Crippen LogP contribution in [0, 0.1) is 6.92 Å². The van der Waals surface area contributed by atoms with Crippen molar-refractivity contribution in [2.75, 3.05) is 4.72 Å². The molecule has 7 heteroatoms. The van der Waals surface area contributed by atoms with Gasteiger partial charge in [0.25, 0.3) is 10.0 Å². The van der Waals surface area contributed by atoms with Crippen LogP contribution < -0.4 is 4.72 Å². The molecule has 0 bridgehead atoms. The average Bonchev–Trinajstić information content (AvgIpc) is 2.43. The topological polar surface area (TPSA) is 72.0 Å². The molecule has 1 aromatic carbocycles. The van der Waals surface area contributed by atoms with Crippen molar-refractivity contribution in [2.45, 2.75) is 18.7 Å². The smallest absolute Gasteiger partial charge is 0.263 e. The second kappa shape index (κ2) is 6.24. The van der Waals surface area contributed by atoms with E-state index in [-0.39, 0.29) is 15.9 Å². The lowest BCUT2D eigenvalue weighted by Crippen LogP contribution is -2.15. The van der Waals surface area contributed by atoms with Crippen LogP contribution in [0.2, 0.25) is 5.15 Å². The number of nitrogens with one attached hydrogen (secondary N) is 1. The lowest BCUT2D eigenvalue weighted by molar-refractivity contribution is 0.601. The van der Waals surface area contributed by atoms with Gasteiger partial charge >= 0.3 is 0 Å². The minimum Gasteiger partial charge on any atom is -0.263 e. The molecule has 0 unspecified atom stereocenters. The fraction of sp³-hybridized carbons (Fsp3) is 0.143. The van der Waals surface area contributed by atoms with Gasteiger partial charge in [-0.3, -0.25) is 4.72 Å². The Labute approximate surface area is 128 Å². The maximum absolute atomic E-state index is 12.3. The van der Waals surface area contributed by atoms with Gasteiger partial charge in [-0.25, -0.2) is 18.4 Å². The highest BCUT2D eigenvalue weighted by Gasteiger charge is 2.17. The molecule has 0 aliphatic rings. The Bertz CT molecular complexity index is 771. The van der Waals surface area contributed by atoms with Gasteiger partial charge in [0, 0.05) is 0 Å². The van der Waals surface area contributed by atoms with Crippen molar-refractivity contribution in [1.82, 2.24) is 9.97 Å². The van der Waals surface area contributed by atoms with E-state index in [9.17, 15) is 8.42 Å². The minimum absolute atomic E-state index is 0.147. The van der Waals surface area contributed by atoms with E-state index in [0.29, 0.717) is 5.56 Å². The average molecular weight is 324 g/mol. The van der Waals surface area contributed by atoms with E-state index in [0.717, 1.165) is 5.56 Å². The number of aromatic nitrogens is 2. The Kier molecular flexibility index (Phi) is 4.59. The maximum Gasteiger partial charge on any atom is 0.263 e. The summed E-state index contributed by atoms with van der Waals surface area (Å²) in [4.78, 5) is 7.95. The van der Waals surface area contributed by atoms with Crippen LogP contribution in [0.1, 0.15) is 18.1 Å². The number of anilines is 1. The van der Waals surface area contributed by atoms with E-state index in [1.165, 1.54) is 18.5 Å². The molecule has 0 fully saturated rings. The van der Waals surface area contributed by atoms with Gasteiger partial charge in [-0.05, 0) is 26.0 Å². The van der Waals surface area contributed by atoms with Crippen molar-refractivity contribution >= 4 is 33.5 Å². The zero-order chi connectivity index (χ0) is 15.5. The number of rotatable bonds is 4. The van der Waals surface area contributed by atoms with Gasteiger partial charge in [-0.2, -0.15) is 0 Å². The van der Waals surface area contributed by atoms with Crippen molar-refractivity contribution in [3.8, 4) is 0 Å². The third kappa shape index (κ3) is 3.59. The molecule has 2 aromatic rings. The zero-order valence-electron chi connectivity index (χ0n) is 11.5. The summed E-state index contributed by atoms with van der Waals surface area (Å²) >= 11 is 5.97. The molecule has 1 heterocycles. The monoisotopic (exact) mass is 323 g/mol. The standard InChI is InChI=1S/C14H14ClN3O2S/c1-3-4-12-13(15)16-9-17-14(12)18-21(19,20)11-7-5-10(2)6-8-11/h3-9H,1-2H3,(H,16,17,18)/b4-3-. The Morgan fingerprint density at radius 2 is 1.86 bits per heavy atom. The van der Waals surface area contributed by atoms with E-state index in [1.54, 1.807) is 31.2 Å². The second-order valence-electron chi connectivity index (χ2n) is 4.35. The van der Waals surface area contributed by atoms with Gasteiger partial charge in [-0.1, -0.05) is 41.4 Å². The van der Waals surface area contributed by atoms with Crippen molar-refractivity contribution in [1.29, 1.82) is 0 Å². The van der Waals surface area contributed by atoms with Gasteiger partial charge in [0.1, 0.15) is 11.5 Å². The summed E-state index contributed by atoms with van der Waals surface area (Å²) in [6, 6.07) is 6.54. The molecule has 0 saturated heterocycles. The normalized spacial score (nSPS) is 11.8. The first kappa shape index (κ1) is 15.5. The first-order chi connectivity index (χ1) is 9.94. The van der Waals surface area contributed by atoms with Crippen LogP contribution in [0.5, 0.6) is 0 Å². The van der Waals surface area contributed by atoms with E-state index in [1.807, 2.05) is 6.92 Å². The van der Waals surface area contributed by atoms with Gasteiger partial charge < -0.3 is 0 Å². The molecule has 0 amide bonds. The predicted molar refractivity (Wildman–Crippen MR) is 83.7 cm³/mol. The van der Waals surface area contributed by atoms with Crippen LogP contribution >= 0.6 is 11.6 Å². The molecule has 0 saturated carbocycles. The Morgan fingerprint density at radius 1 is 1.19 bits per heavy atom. The van der Waals surface area contributed by atoms with E-state index in [4.69, 9.17) is 11.6 Å². The molecule has 0 spiro atoms. The third-order valence-corrected chi connectivity index (χ3v) is 4.39. The van der Waals surface area contributed by atoms with Crippen molar-refractivity contribution in [3.63, 3.8) is 0 Å². The summed E-state index contributed by atoms with van der Waals surface area (Å²) in [5, 5.41) is 0.185. The summed E-state index contributed by atoms with van der Waals surface area (Å²) in [6.07, 6.45) is 4.59. The van der Waals surface area contributed by atoms with Crippen LogP contribution in [-0.4, -0.2) is 18.4 Å². The van der Waals surface area contributed by atoms with Gasteiger partial charge in [0.05, 0.1) is 10.5 Å². The molecule has 0 aliphatic carbocycles. The highest BCUT2D eigenvalue weighted by molar-refractivity contribution is 7.92. The summed E-state index contributed by atoms with van der Waals surface area (Å²) < 4.78 is 27.1. The number of nitrogens with zero attached hydrogens (tertiary/aromatic N) is 2. The highest BCUT2D eigenvalue weighted by Crippen LogP contribution is 2.24. The van der Waals surface area contributed by atoms with E-state index >= 15 is 0 Å². The summed E-state index contributed by atoms with van der Waals surface area (Å²) in [5.74, 6) is 0.147. The molecule has 110 valence electrons. The summed E-state index contributed by atoms with van der Waals surface area (Å²) in [5.41, 5.74) is 1.41. The molecular weight excluding hydrogens is 310 g/mol. The third-order valence-electron chi connectivity index (χ3n) is 2.73. The van der Waals surface area contributed by atoms with E-state index < -0.39 is 10.0 Å². The summed E-state index contributed by atoms with van der Waals surface area (Å²) in [6.45, 7) is 3.68. The number of sulfonamides is 1. The molecule has 0 aliphatic heterocycles. The molecule has 0 atom stereocenters. The van der Waals surface area contributed by atoms with Crippen LogP contribution in [0.25, 0.3) is 6.08 Å². The largest absolute Gasteiger partial charge is 0.263 e. The first-order valence-electron chi connectivity index (χ1n) is 6.16. The lowest BCUT2D eigenvalue weighted by atomic mass is 10.2. The molecule has 5 nitrogen and oxygen atoms in total. The number of halogens is 1. The second-order valence-corrected chi connectivity index (χ2v) is 6.39. The molecule has 2 rings (SSSR count). The molecule has 21 heavy (non-hydrogen) atoms. The van der Waals surface area contributed by atoms with Crippen LogP contribution in [0.3, 0.4) is 0 Å². The molecule has 1 N–H and O–H groups in total. The van der Waals surface area contributed by atoms with Crippen molar-refractivity contribution in [2.24, 2.45) is 0 Å². The molecule has 1 aromatic heterocycles. The maximum atomic E-state index is 12.3. The highest BCUT2D eigenvalue weighted by atomic mass is 35.5. The van der Waals surface area contributed by atoms with Gasteiger partial charge in [0.15, 0.2) is 5.82 Å². The number of hydrogen-bond acceptors (Lipinski definition) is 4. The summed E-state index contributed by atoms with van der Waals surface area (Å²) in [7, 11) is -3.72. The fourth-order valence-corrected chi connectivity index (χ4v) is 2.90. The zero-order valence-corrected chi connectivity index (χ0v) is 13.1. The van der Waals surface area contributed by atoms with Gasteiger partial charge in [-0.15, -0.1) is 0 Å². The first-order valence-corrected chi connectivity index (χ1v) is 8.03. The lowest BCUT2D eigenvalue weighted by Gasteiger charge is -2.10. The van der Waals surface area contributed by atoms with Crippen LogP contribution in [0.4, 0.5) is 5.82 Å². The molecular formula is C14H14ClN3O2S. The Hall–Kier alpha value is -1.92. The number of hydrogen-bond donors (Lipinski definition) is 1. The fourth-order valence-electron chi connectivity index (χ4n) is 1.67. The van der Waals surface area contributed by atoms with Crippen LogP contribution in [0.15, 0.2) is 41.6 Å². The van der Waals surface area contributed by atoms with Crippen molar-refractivity contribution in [3.05, 3.63) is 52.9 Å². The number of aryl methyl sites for hydroxylation is 1. The predicted octanol–water partition coefficient (Wildman–Crippen LogP) is 3.27. The Balaban J connectivity index is 2.42. The van der Waals surface area contributed by atoms with Crippen LogP contribution in [-0.2, 0) is 10.0 Å². The number of allylic oxidation sites excluding steroid dienone is 1. The van der Waals surface area contributed by atoms with E-state index in [2.05, 4.69) is 14.7 Å². The quantitative estimate of drug-likeness (QED) is 0.876. The SMILES string of the molecule is C/C=C\c1c(Cl)ncnc1NS(=O)(=O)c1ccc(C)cc1. The Morgan fingerprint density at radius 3 is 2.48 bits per heavy atom.